The lowest BCUT2D eigenvalue weighted by molar-refractivity contribution is 0.745. The van der Waals surface area contributed by atoms with Crippen molar-refractivity contribution in [3.05, 3.63) is 57.9 Å². The fourth-order valence-corrected chi connectivity index (χ4v) is 3.23. The van der Waals surface area contributed by atoms with Crippen LogP contribution in [0.1, 0.15) is 27.5 Å². The molecule has 0 amide bonds. The van der Waals surface area contributed by atoms with Crippen LogP contribution in [0.3, 0.4) is 0 Å². The van der Waals surface area contributed by atoms with E-state index in [4.69, 9.17) is 5.73 Å². The molecule has 0 bridgehead atoms. The van der Waals surface area contributed by atoms with Crippen LogP contribution in [0.25, 0.3) is 5.13 Å². The van der Waals surface area contributed by atoms with Gasteiger partial charge in [-0.05, 0) is 32.3 Å². The number of nitrogens with zero attached hydrogens (tertiary/aromatic N) is 4. The Morgan fingerprint density at radius 1 is 1.14 bits per heavy atom. The van der Waals surface area contributed by atoms with Gasteiger partial charge in [0.15, 0.2) is 0 Å². The molecule has 114 valence electrons. The maximum absolute atomic E-state index is 5.81. The van der Waals surface area contributed by atoms with Gasteiger partial charge >= 0.3 is 0 Å². The predicted molar refractivity (Wildman–Crippen MR) is 88.2 cm³/mol. The van der Waals surface area contributed by atoms with Gasteiger partial charge in [0.05, 0.1) is 17.1 Å². The van der Waals surface area contributed by atoms with Gasteiger partial charge in [0, 0.05) is 11.4 Å². The zero-order valence-electron chi connectivity index (χ0n) is 12.8. The van der Waals surface area contributed by atoms with E-state index >= 15 is 0 Å². The highest BCUT2D eigenvalue weighted by atomic mass is 32.1. The lowest BCUT2D eigenvalue weighted by Gasteiger charge is -2.05. The second kappa shape index (κ2) is 6.37. The maximum Gasteiger partial charge on any atom is 0.212 e. The molecular weight excluding hydrogens is 294 g/mol. The molecule has 0 aliphatic rings. The van der Waals surface area contributed by atoms with Crippen LogP contribution < -0.4 is 5.73 Å². The van der Waals surface area contributed by atoms with Gasteiger partial charge in [0.25, 0.3) is 0 Å². The summed E-state index contributed by atoms with van der Waals surface area (Å²) < 4.78 is 1.84. The summed E-state index contributed by atoms with van der Waals surface area (Å²) in [6, 6.07) is 10.4. The normalized spacial score (nSPS) is 11.0. The quantitative estimate of drug-likeness (QED) is 0.786. The summed E-state index contributed by atoms with van der Waals surface area (Å²) >= 11 is 1.64. The molecule has 1 aromatic carbocycles. The highest BCUT2D eigenvalue weighted by Crippen LogP contribution is 2.22. The number of nitrogens with two attached hydrogens (primary N) is 1. The third-order valence-corrected chi connectivity index (χ3v) is 4.78. The first-order valence-corrected chi connectivity index (χ1v) is 8.12. The number of aryl methyl sites for hydroxylation is 3. The van der Waals surface area contributed by atoms with E-state index < -0.39 is 0 Å². The molecule has 2 aromatic heterocycles. The highest BCUT2D eigenvalue weighted by molar-refractivity contribution is 7.14. The van der Waals surface area contributed by atoms with Gasteiger partial charge in [-0.1, -0.05) is 46.9 Å². The Morgan fingerprint density at radius 3 is 2.55 bits per heavy atom. The van der Waals surface area contributed by atoms with E-state index in [9.17, 15) is 0 Å². The fourth-order valence-electron chi connectivity index (χ4n) is 2.35. The van der Waals surface area contributed by atoms with Gasteiger partial charge in [-0.2, -0.15) is 4.68 Å². The smallest absolute Gasteiger partial charge is 0.212 e. The van der Waals surface area contributed by atoms with Crippen molar-refractivity contribution in [2.24, 2.45) is 5.73 Å². The SMILES string of the molecule is Cc1nc(-n2nnc(CN)c2CCc2ccccc2)sc1C. The van der Waals surface area contributed by atoms with E-state index in [1.165, 1.54) is 10.4 Å². The fraction of sp³-hybridized carbons (Fsp3) is 0.312. The number of thiazole rings is 1. The van der Waals surface area contributed by atoms with Crippen LogP contribution in [-0.2, 0) is 19.4 Å². The summed E-state index contributed by atoms with van der Waals surface area (Å²) in [6.45, 7) is 4.48. The summed E-state index contributed by atoms with van der Waals surface area (Å²) in [6.07, 6.45) is 1.78. The lowest BCUT2D eigenvalue weighted by atomic mass is 10.1. The highest BCUT2D eigenvalue weighted by Gasteiger charge is 2.16. The first-order valence-electron chi connectivity index (χ1n) is 7.31. The van der Waals surface area contributed by atoms with Gasteiger partial charge < -0.3 is 5.73 Å². The average molecular weight is 313 g/mol. The summed E-state index contributed by atoms with van der Waals surface area (Å²) in [4.78, 5) is 5.78. The molecule has 0 radical (unpaired) electrons. The zero-order chi connectivity index (χ0) is 15.5. The number of hydrogen-bond donors (Lipinski definition) is 1. The number of aromatic nitrogens is 4. The van der Waals surface area contributed by atoms with Crippen molar-refractivity contribution in [2.75, 3.05) is 0 Å². The minimum absolute atomic E-state index is 0.396. The van der Waals surface area contributed by atoms with E-state index in [-0.39, 0.29) is 0 Å². The minimum atomic E-state index is 0.396. The number of hydrogen-bond acceptors (Lipinski definition) is 5. The first kappa shape index (κ1) is 14.9. The second-order valence-corrected chi connectivity index (χ2v) is 6.40. The zero-order valence-corrected chi connectivity index (χ0v) is 13.6. The Kier molecular flexibility index (Phi) is 4.31. The van der Waals surface area contributed by atoms with Gasteiger partial charge in [-0.3, -0.25) is 0 Å². The van der Waals surface area contributed by atoms with Crippen molar-refractivity contribution in [2.45, 2.75) is 33.2 Å². The van der Waals surface area contributed by atoms with Crippen LogP contribution in [0.15, 0.2) is 30.3 Å². The van der Waals surface area contributed by atoms with Crippen LogP contribution in [0, 0.1) is 13.8 Å². The molecule has 22 heavy (non-hydrogen) atoms. The molecule has 2 heterocycles. The van der Waals surface area contributed by atoms with Crippen molar-refractivity contribution in [1.82, 2.24) is 20.0 Å². The van der Waals surface area contributed by atoms with E-state index in [1.54, 1.807) is 11.3 Å². The molecule has 0 saturated carbocycles. The summed E-state index contributed by atoms with van der Waals surface area (Å²) in [5.41, 5.74) is 10.1. The number of rotatable bonds is 5. The van der Waals surface area contributed by atoms with Crippen molar-refractivity contribution in [1.29, 1.82) is 0 Å². The molecule has 3 rings (SSSR count). The molecule has 0 unspecified atom stereocenters. The Hall–Kier alpha value is -2.05. The molecule has 0 saturated heterocycles. The van der Waals surface area contributed by atoms with Crippen LogP contribution in [0.5, 0.6) is 0 Å². The van der Waals surface area contributed by atoms with E-state index in [2.05, 4.69) is 46.5 Å². The van der Waals surface area contributed by atoms with Crippen LogP contribution in [-0.4, -0.2) is 20.0 Å². The molecule has 0 atom stereocenters. The maximum atomic E-state index is 5.81. The first-order chi connectivity index (χ1) is 10.7. The summed E-state index contributed by atoms with van der Waals surface area (Å²) in [5.74, 6) is 0. The lowest BCUT2D eigenvalue weighted by Crippen LogP contribution is -2.07. The van der Waals surface area contributed by atoms with Gasteiger partial charge in [0.1, 0.15) is 0 Å². The molecule has 5 nitrogen and oxygen atoms in total. The van der Waals surface area contributed by atoms with E-state index in [1.807, 2.05) is 17.7 Å². The Morgan fingerprint density at radius 2 is 1.91 bits per heavy atom. The largest absolute Gasteiger partial charge is 0.325 e. The Labute approximate surface area is 133 Å². The van der Waals surface area contributed by atoms with Crippen LogP contribution in [0.2, 0.25) is 0 Å². The van der Waals surface area contributed by atoms with Crippen molar-refractivity contribution in [3.63, 3.8) is 0 Å². The van der Waals surface area contributed by atoms with Crippen LogP contribution >= 0.6 is 11.3 Å². The Balaban J connectivity index is 1.90. The van der Waals surface area contributed by atoms with E-state index in [0.717, 1.165) is 35.1 Å². The summed E-state index contributed by atoms with van der Waals surface area (Å²) in [5, 5.41) is 9.34. The Bertz CT molecular complexity index is 741. The van der Waals surface area contributed by atoms with Gasteiger partial charge in [0.2, 0.25) is 5.13 Å². The molecule has 6 heteroatoms. The monoisotopic (exact) mass is 313 g/mol. The van der Waals surface area contributed by atoms with Crippen molar-refractivity contribution < 1.29 is 0 Å². The third-order valence-electron chi connectivity index (χ3n) is 3.73. The molecule has 0 fully saturated rings. The molecule has 2 N–H and O–H groups in total. The van der Waals surface area contributed by atoms with Crippen molar-refractivity contribution in [3.8, 4) is 5.13 Å². The van der Waals surface area contributed by atoms with Gasteiger partial charge in [-0.15, -0.1) is 5.10 Å². The predicted octanol–water partition coefficient (Wildman–Crippen LogP) is 2.58. The van der Waals surface area contributed by atoms with E-state index in [0.29, 0.717) is 6.54 Å². The average Bonchev–Trinajstić information content (AvgIpc) is 3.09. The summed E-state index contributed by atoms with van der Waals surface area (Å²) in [7, 11) is 0. The topological polar surface area (TPSA) is 69.6 Å². The molecule has 3 aromatic rings. The minimum Gasteiger partial charge on any atom is -0.325 e. The standard InChI is InChI=1S/C16H19N5S/c1-11-12(2)22-16(18-11)21-15(14(10-17)19-20-21)9-8-13-6-4-3-5-7-13/h3-7H,8-10,17H2,1-2H3. The second-order valence-electron chi connectivity index (χ2n) is 5.22. The molecule has 0 aliphatic carbocycles. The van der Waals surface area contributed by atoms with Gasteiger partial charge in [-0.25, -0.2) is 4.98 Å². The molecule has 0 spiro atoms. The van der Waals surface area contributed by atoms with Crippen LogP contribution in [0.4, 0.5) is 0 Å². The third kappa shape index (κ3) is 2.93. The molecule has 0 aliphatic heterocycles. The van der Waals surface area contributed by atoms with Crippen molar-refractivity contribution >= 4 is 11.3 Å². The number of benzene rings is 1. The molecular formula is C16H19N5S.